The van der Waals surface area contributed by atoms with Crippen LogP contribution in [0.4, 0.5) is 0 Å². The molecule has 0 spiro atoms. The summed E-state index contributed by atoms with van der Waals surface area (Å²) in [6.07, 6.45) is 3.07. The van der Waals surface area contributed by atoms with E-state index >= 15 is 0 Å². The quantitative estimate of drug-likeness (QED) is 0.828. The van der Waals surface area contributed by atoms with Crippen molar-refractivity contribution in [3.05, 3.63) is 29.3 Å². The molecule has 0 radical (unpaired) electrons. The fraction of sp³-hybridized carbons (Fsp3) is 0.667. The summed E-state index contributed by atoms with van der Waals surface area (Å²) in [6, 6.07) is 5.73. The van der Waals surface area contributed by atoms with Gasteiger partial charge in [-0.05, 0) is 61.1 Å². The molecule has 1 heterocycles. The number of sulfonamides is 1. The van der Waals surface area contributed by atoms with E-state index in [2.05, 4.69) is 20.8 Å². The van der Waals surface area contributed by atoms with Crippen molar-refractivity contribution >= 4 is 10.0 Å². The van der Waals surface area contributed by atoms with E-state index in [1.165, 1.54) is 0 Å². The van der Waals surface area contributed by atoms with Crippen LogP contribution >= 0.6 is 0 Å². The Morgan fingerprint density at radius 3 is 2.50 bits per heavy atom. The lowest BCUT2D eigenvalue weighted by Crippen LogP contribution is -2.38. The number of rotatable bonds is 2. The molecule has 2 bridgehead atoms. The van der Waals surface area contributed by atoms with Crippen LogP contribution in [0.15, 0.2) is 23.1 Å². The maximum absolute atomic E-state index is 13.2. The maximum Gasteiger partial charge on any atom is 0.243 e. The zero-order valence-electron chi connectivity index (χ0n) is 14.3. The Hall–Kier alpha value is -0.870. The molecule has 1 saturated heterocycles. The van der Waals surface area contributed by atoms with Gasteiger partial charge in [-0.15, -0.1) is 0 Å². The number of aryl methyl sites for hydroxylation is 1. The molecule has 1 aliphatic carbocycles. The van der Waals surface area contributed by atoms with Crippen molar-refractivity contribution in [1.82, 2.24) is 4.31 Å². The predicted octanol–water partition coefficient (Wildman–Crippen LogP) is 3.89. The maximum atomic E-state index is 13.2. The van der Waals surface area contributed by atoms with Crippen LogP contribution in [0.3, 0.4) is 0 Å². The second-order valence-electron chi connectivity index (χ2n) is 8.46. The molecule has 122 valence electrons. The summed E-state index contributed by atoms with van der Waals surface area (Å²) < 4.78 is 28.3. The van der Waals surface area contributed by atoms with Gasteiger partial charge in [-0.25, -0.2) is 8.42 Å². The Morgan fingerprint density at radius 1 is 1.14 bits per heavy atom. The Labute approximate surface area is 134 Å². The Balaban J connectivity index is 2.03. The molecule has 22 heavy (non-hydrogen) atoms. The zero-order valence-corrected chi connectivity index (χ0v) is 15.1. The van der Waals surface area contributed by atoms with Gasteiger partial charge in [0.15, 0.2) is 0 Å². The minimum Gasteiger partial charge on any atom is -0.207 e. The number of benzene rings is 1. The normalized spacial score (nSPS) is 31.4. The van der Waals surface area contributed by atoms with E-state index in [4.69, 9.17) is 0 Å². The summed E-state index contributed by atoms with van der Waals surface area (Å²) in [5, 5.41) is 0. The molecule has 2 atom stereocenters. The molecule has 1 saturated carbocycles. The highest BCUT2D eigenvalue weighted by Gasteiger charge is 2.53. The third-order valence-corrected chi connectivity index (χ3v) is 7.55. The van der Waals surface area contributed by atoms with Gasteiger partial charge >= 0.3 is 0 Å². The Morgan fingerprint density at radius 2 is 1.82 bits per heavy atom. The van der Waals surface area contributed by atoms with Crippen molar-refractivity contribution in [1.29, 1.82) is 0 Å². The first kappa shape index (κ1) is 16.0. The molecule has 0 aromatic heterocycles. The monoisotopic (exact) mass is 321 g/mol. The summed E-state index contributed by atoms with van der Waals surface area (Å²) in [7, 11) is -3.40. The third-order valence-electron chi connectivity index (χ3n) is 5.51. The molecule has 0 amide bonds. The van der Waals surface area contributed by atoms with Gasteiger partial charge in [0.1, 0.15) is 0 Å². The van der Waals surface area contributed by atoms with Crippen molar-refractivity contribution in [3.8, 4) is 0 Å². The summed E-state index contributed by atoms with van der Waals surface area (Å²) in [5.41, 5.74) is 2.27. The van der Waals surface area contributed by atoms with Crippen LogP contribution < -0.4 is 0 Å². The van der Waals surface area contributed by atoms with Crippen molar-refractivity contribution in [2.24, 2.45) is 10.8 Å². The third kappa shape index (κ3) is 2.50. The summed E-state index contributed by atoms with van der Waals surface area (Å²) in [5.74, 6) is 0. The zero-order chi connectivity index (χ0) is 16.3. The first-order chi connectivity index (χ1) is 10.0. The fourth-order valence-electron chi connectivity index (χ4n) is 4.82. The number of nitrogens with zero attached hydrogens (tertiary/aromatic N) is 1. The highest BCUT2D eigenvalue weighted by Crippen LogP contribution is 2.53. The van der Waals surface area contributed by atoms with Gasteiger partial charge in [-0.1, -0.05) is 32.9 Å². The molecule has 1 aromatic rings. The van der Waals surface area contributed by atoms with Gasteiger partial charge < -0.3 is 0 Å². The van der Waals surface area contributed by atoms with Gasteiger partial charge in [0, 0.05) is 12.6 Å². The fourth-order valence-corrected chi connectivity index (χ4v) is 6.89. The molecule has 3 nitrogen and oxygen atoms in total. The lowest BCUT2D eigenvalue weighted by atomic mass is 9.65. The van der Waals surface area contributed by atoms with Gasteiger partial charge in [0.2, 0.25) is 10.0 Å². The summed E-state index contributed by atoms with van der Waals surface area (Å²) in [4.78, 5) is 0.487. The first-order valence-electron chi connectivity index (χ1n) is 8.12. The van der Waals surface area contributed by atoms with Crippen molar-refractivity contribution in [2.45, 2.75) is 64.8 Å². The van der Waals surface area contributed by atoms with Crippen LogP contribution in [0.25, 0.3) is 0 Å². The molecule has 1 aromatic carbocycles. The van der Waals surface area contributed by atoms with Gasteiger partial charge in [-0.3, -0.25) is 0 Å². The minimum atomic E-state index is -3.40. The average molecular weight is 321 g/mol. The first-order valence-corrected chi connectivity index (χ1v) is 9.56. The van der Waals surface area contributed by atoms with E-state index in [-0.39, 0.29) is 16.9 Å². The molecule has 1 aliphatic heterocycles. The van der Waals surface area contributed by atoms with Crippen molar-refractivity contribution < 1.29 is 8.42 Å². The number of hydrogen-bond donors (Lipinski definition) is 0. The van der Waals surface area contributed by atoms with Crippen LogP contribution in [0.5, 0.6) is 0 Å². The minimum absolute atomic E-state index is 0.122. The molecule has 0 N–H and O–H groups in total. The molecule has 4 heteroatoms. The predicted molar refractivity (Wildman–Crippen MR) is 89.3 cm³/mol. The van der Waals surface area contributed by atoms with Gasteiger partial charge in [0.05, 0.1) is 4.90 Å². The molecular weight excluding hydrogens is 294 g/mol. The van der Waals surface area contributed by atoms with Crippen LogP contribution in [0.2, 0.25) is 0 Å². The Kier molecular flexibility index (Phi) is 3.50. The SMILES string of the molecule is Cc1cccc(S(=O)(=O)N2CC3(C)CC2CC(C)(C)C3)c1C. The average Bonchev–Trinajstić information content (AvgIpc) is 2.62. The highest BCUT2D eigenvalue weighted by molar-refractivity contribution is 7.89. The van der Waals surface area contributed by atoms with E-state index in [9.17, 15) is 8.42 Å². The van der Waals surface area contributed by atoms with Gasteiger partial charge in [-0.2, -0.15) is 4.31 Å². The van der Waals surface area contributed by atoms with E-state index in [0.29, 0.717) is 11.4 Å². The molecule has 3 rings (SSSR count). The van der Waals surface area contributed by atoms with Crippen LogP contribution in [0, 0.1) is 24.7 Å². The lowest BCUT2D eigenvalue weighted by Gasteiger charge is -2.39. The molecule has 2 fully saturated rings. The molecular formula is C18H27NO2S. The van der Waals surface area contributed by atoms with E-state index in [0.717, 1.165) is 30.4 Å². The second kappa shape index (κ2) is 4.81. The van der Waals surface area contributed by atoms with Crippen LogP contribution in [0.1, 0.15) is 51.2 Å². The largest absolute Gasteiger partial charge is 0.243 e. The summed E-state index contributed by atoms with van der Waals surface area (Å²) in [6.45, 7) is 11.3. The van der Waals surface area contributed by atoms with E-state index < -0.39 is 10.0 Å². The lowest BCUT2D eigenvalue weighted by molar-refractivity contribution is 0.133. The van der Waals surface area contributed by atoms with Crippen LogP contribution in [-0.2, 0) is 10.0 Å². The number of hydrogen-bond acceptors (Lipinski definition) is 2. The smallest absolute Gasteiger partial charge is 0.207 e. The van der Waals surface area contributed by atoms with Crippen LogP contribution in [-0.4, -0.2) is 25.3 Å². The topological polar surface area (TPSA) is 37.4 Å². The van der Waals surface area contributed by atoms with Gasteiger partial charge in [0.25, 0.3) is 0 Å². The highest BCUT2D eigenvalue weighted by atomic mass is 32.2. The Bertz CT molecular complexity index is 708. The molecule has 2 unspecified atom stereocenters. The van der Waals surface area contributed by atoms with E-state index in [1.807, 2.05) is 26.0 Å². The second-order valence-corrected chi connectivity index (χ2v) is 10.3. The standard InChI is InChI=1S/C18H27NO2S/c1-13-7-6-8-16(14(13)2)22(20,21)19-12-18(5)10-15(19)9-17(3,4)11-18/h6-8,15H,9-12H2,1-5H3. The number of fused-ring (bicyclic) bond motifs is 2. The summed E-state index contributed by atoms with van der Waals surface area (Å²) >= 11 is 0. The van der Waals surface area contributed by atoms with E-state index in [1.54, 1.807) is 10.4 Å². The van der Waals surface area contributed by atoms with Crippen molar-refractivity contribution in [2.75, 3.05) is 6.54 Å². The van der Waals surface area contributed by atoms with Crippen molar-refractivity contribution in [3.63, 3.8) is 0 Å². The molecule has 2 aliphatic rings.